The number of hydrogen-bond acceptors (Lipinski definition) is 4. The fourth-order valence-electron chi connectivity index (χ4n) is 3.05. The van der Waals surface area contributed by atoms with E-state index < -0.39 is 0 Å². The Bertz CT molecular complexity index is 338. The van der Waals surface area contributed by atoms with Crippen LogP contribution in [0.3, 0.4) is 0 Å². The lowest BCUT2D eigenvalue weighted by atomic mass is 9.72. The lowest BCUT2D eigenvalue weighted by Crippen LogP contribution is -2.60. The second-order valence-corrected chi connectivity index (χ2v) is 5.81. The van der Waals surface area contributed by atoms with E-state index in [1.165, 1.54) is 44.6 Å². The summed E-state index contributed by atoms with van der Waals surface area (Å²) in [7, 11) is 0. The van der Waals surface area contributed by atoms with Gasteiger partial charge in [0, 0.05) is 32.0 Å². The molecule has 17 heavy (non-hydrogen) atoms. The highest BCUT2D eigenvalue weighted by Crippen LogP contribution is 2.38. The lowest BCUT2D eigenvalue weighted by Gasteiger charge is -2.52. The van der Waals surface area contributed by atoms with E-state index in [1.807, 2.05) is 12.4 Å². The number of nitrogens with one attached hydrogen (secondary N) is 2. The Morgan fingerprint density at radius 3 is 2.82 bits per heavy atom. The quantitative estimate of drug-likeness (QED) is 0.565. The van der Waals surface area contributed by atoms with E-state index in [-0.39, 0.29) is 5.62 Å². The summed E-state index contributed by atoms with van der Waals surface area (Å²) >= 11 is 5.81. The third-order valence-electron chi connectivity index (χ3n) is 3.97. The molecule has 2 fully saturated rings. The molecule has 0 aliphatic carbocycles. The summed E-state index contributed by atoms with van der Waals surface area (Å²) in [6, 6.07) is 0. The summed E-state index contributed by atoms with van der Waals surface area (Å²) in [5.74, 6) is 0. The van der Waals surface area contributed by atoms with Crippen molar-refractivity contribution in [1.82, 2.24) is 15.5 Å². The average Bonchev–Trinajstić information content (AvgIpc) is 2.31. The number of halogens is 1. The number of hydrogen-bond donors (Lipinski definition) is 2. The summed E-state index contributed by atoms with van der Waals surface area (Å²) < 4.78 is 0. The normalized spacial score (nSPS) is 31.8. The van der Waals surface area contributed by atoms with Gasteiger partial charge >= 0.3 is 0 Å². The maximum Gasteiger partial charge on any atom is 0.194 e. The van der Waals surface area contributed by atoms with Crippen LogP contribution < -0.4 is 10.6 Å². The van der Waals surface area contributed by atoms with Gasteiger partial charge in [-0.15, -0.1) is 0 Å². The molecule has 4 nitrogen and oxygen atoms in total. The Balaban J connectivity index is 1.48. The van der Waals surface area contributed by atoms with Crippen LogP contribution in [0.15, 0.2) is 16.8 Å². The number of nitrogens with zero attached hydrogens (tertiary/aromatic N) is 2. The molecule has 3 aliphatic rings. The number of likely N-dealkylation sites (tertiary alicyclic amines) is 1. The molecule has 3 aliphatic heterocycles. The number of rotatable bonds is 2. The zero-order valence-electron chi connectivity index (χ0n) is 9.95. The number of piperidine rings is 1. The molecule has 1 unspecified atom stereocenters. The van der Waals surface area contributed by atoms with Crippen LogP contribution in [0.4, 0.5) is 0 Å². The third-order valence-corrected chi connectivity index (χ3v) is 4.20. The maximum absolute atomic E-state index is 5.81. The van der Waals surface area contributed by atoms with Gasteiger partial charge in [0.2, 0.25) is 0 Å². The van der Waals surface area contributed by atoms with E-state index in [9.17, 15) is 0 Å². The standard InChI is InChI=1S/C12H19ClN4/c13-11-15-5-10(6-16-11)7-17-8-12(9-17)1-3-14-4-2-12/h5-6,11,14-15H,1-4,7-9H2. The molecule has 0 saturated carbocycles. The molecule has 3 rings (SSSR count). The van der Waals surface area contributed by atoms with Crippen molar-refractivity contribution in [3.63, 3.8) is 0 Å². The molecule has 94 valence electrons. The Morgan fingerprint density at radius 2 is 2.18 bits per heavy atom. The summed E-state index contributed by atoms with van der Waals surface area (Å²) in [6.45, 7) is 5.85. The van der Waals surface area contributed by atoms with E-state index in [0.29, 0.717) is 5.41 Å². The molecule has 2 N–H and O–H groups in total. The van der Waals surface area contributed by atoms with E-state index in [1.54, 1.807) is 0 Å². The summed E-state index contributed by atoms with van der Waals surface area (Å²) in [6.07, 6.45) is 6.54. The van der Waals surface area contributed by atoms with Gasteiger partial charge in [-0.25, -0.2) is 0 Å². The van der Waals surface area contributed by atoms with Crippen LogP contribution in [-0.4, -0.2) is 49.5 Å². The summed E-state index contributed by atoms with van der Waals surface area (Å²) in [5.41, 5.74) is 1.55. The first-order valence-electron chi connectivity index (χ1n) is 6.31. The highest BCUT2D eigenvalue weighted by Gasteiger charge is 2.43. The predicted octanol–water partition coefficient (Wildman–Crippen LogP) is 0.752. The van der Waals surface area contributed by atoms with Crippen LogP contribution in [0.2, 0.25) is 0 Å². The molecule has 2 saturated heterocycles. The van der Waals surface area contributed by atoms with Gasteiger partial charge in [-0.05, 0) is 36.9 Å². The molecule has 0 amide bonds. The maximum atomic E-state index is 5.81. The zero-order valence-corrected chi connectivity index (χ0v) is 10.7. The van der Waals surface area contributed by atoms with E-state index in [0.717, 1.165) is 6.54 Å². The Kier molecular flexibility index (Phi) is 3.11. The Labute approximate surface area is 107 Å². The molecular formula is C12H19ClN4. The van der Waals surface area contributed by atoms with Crippen molar-refractivity contribution in [2.75, 3.05) is 32.7 Å². The number of aliphatic imine (C=N–C) groups is 1. The fraction of sp³-hybridized carbons (Fsp3) is 0.750. The first-order valence-corrected chi connectivity index (χ1v) is 6.75. The molecule has 1 atom stereocenters. The second-order valence-electron chi connectivity index (χ2n) is 5.40. The van der Waals surface area contributed by atoms with Crippen LogP contribution in [0, 0.1) is 5.41 Å². The van der Waals surface area contributed by atoms with Crippen LogP contribution in [0.1, 0.15) is 12.8 Å². The predicted molar refractivity (Wildman–Crippen MR) is 70.3 cm³/mol. The van der Waals surface area contributed by atoms with E-state index >= 15 is 0 Å². The average molecular weight is 255 g/mol. The molecule has 0 bridgehead atoms. The van der Waals surface area contributed by atoms with Gasteiger partial charge in [0.05, 0.1) is 0 Å². The molecule has 0 aromatic rings. The largest absolute Gasteiger partial charge is 0.357 e. The molecule has 5 heteroatoms. The van der Waals surface area contributed by atoms with Gasteiger partial charge in [-0.1, -0.05) is 11.6 Å². The van der Waals surface area contributed by atoms with Gasteiger partial charge in [-0.2, -0.15) is 0 Å². The molecule has 3 heterocycles. The van der Waals surface area contributed by atoms with Crippen molar-refractivity contribution < 1.29 is 0 Å². The van der Waals surface area contributed by atoms with E-state index in [4.69, 9.17) is 11.6 Å². The minimum atomic E-state index is -0.286. The minimum Gasteiger partial charge on any atom is -0.357 e. The summed E-state index contributed by atoms with van der Waals surface area (Å²) in [5, 5.41) is 6.46. The molecule has 0 aromatic heterocycles. The smallest absolute Gasteiger partial charge is 0.194 e. The van der Waals surface area contributed by atoms with Crippen LogP contribution in [-0.2, 0) is 0 Å². The first-order chi connectivity index (χ1) is 8.26. The SMILES string of the molecule is ClC1N=CC(CN2CC3(CCNCC3)C2)=CN1. The van der Waals surface area contributed by atoms with Crippen molar-refractivity contribution in [3.8, 4) is 0 Å². The monoisotopic (exact) mass is 254 g/mol. The highest BCUT2D eigenvalue weighted by molar-refractivity contribution is 6.20. The Hall–Kier alpha value is -0.580. The molecule has 0 aromatic carbocycles. The Morgan fingerprint density at radius 1 is 1.41 bits per heavy atom. The van der Waals surface area contributed by atoms with Gasteiger partial charge in [-0.3, -0.25) is 9.89 Å². The van der Waals surface area contributed by atoms with Crippen molar-refractivity contribution >= 4 is 17.8 Å². The third kappa shape index (κ3) is 2.49. The number of alkyl halides is 1. The van der Waals surface area contributed by atoms with Crippen molar-refractivity contribution in [3.05, 3.63) is 11.8 Å². The topological polar surface area (TPSA) is 39.7 Å². The lowest BCUT2D eigenvalue weighted by molar-refractivity contribution is -0.0154. The fourth-order valence-corrected chi connectivity index (χ4v) is 3.17. The molecule has 0 radical (unpaired) electrons. The van der Waals surface area contributed by atoms with Gasteiger partial charge in [0.25, 0.3) is 0 Å². The van der Waals surface area contributed by atoms with Gasteiger partial charge < -0.3 is 10.6 Å². The van der Waals surface area contributed by atoms with Crippen molar-refractivity contribution in [2.45, 2.75) is 18.5 Å². The zero-order chi connectivity index (χ0) is 11.7. The van der Waals surface area contributed by atoms with Crippen molar-refractivity contribution in [2.24, 2.45) is 10.4 Å². The van der Waals surface area contributed by atoms with Crippen LogP contribution >= 0.6 is 11.6 Å². The van der Waals surface area contributed by atoms with Crippen LogP contribution in [0.25, 0.3) is 0 Å². The second kappa shape index (κ2) is 4.59. The summed E-state index contributed by atoms with van der Waals surface area (Å²) in [4.78, 5) is 6.65. The van der Waals surface area contributed by atoms with Gasteiger partial charge in [0.1, 0.15) is 0 Å². The van der Waals surface area contributed by atoms with Crippen molar-refractivity contribution in [1.29, 1.82) is 0 Å². The van der Waals surface area contributed by atoms with Crippen LogP contribution in [0.5, 0.6) is 0 Å². The van der Waals surface area contributed by atoms with Gasteiger partial charge in [0.15, 0.2) is 5.62 Å². The first kappa shape index (κ1) is 11.5. The molecular weight excluding hydrogens is 236 g/mol. The highest BCUT2D eigenvalue weighted by atomic mass is 35.5. The molecule has 1 spiro atoms. The van der Waals surface area contributed by atoms with E-state index in [2.05, 4.69) is 20.5 Å². The minimum absolute atomic E-state index is 0.286.